The fraction of sp³-hybridized carbons (Fsp3) is 0.357. The summed E-state index contributed by atoms with van der Waals surface area (Å²) in [7, 11) is 0. The van der Waals surface area contributed by atoms with E-state index in [4.69, 9.17) is 11.6 Å². The molecule has 19 heavy (non-hydrogen) atoms. The summed E-state index contributed by atoms with van der Waals surface area (Å²) in [5, 5.41) is 15.1. The van der Waals surface area contributed by atoms with Gasteiger partial charge in [0, 0.05) is 33.7 Å². The first-order valence-corrected chi connectivity index (χ1v) is 7.30. The van der Waals surface area contributed by atoms with Gasteiger partial charge in [0.05, 0.1) is 12.3 Å². The van der Waals surface area contributed by atoms with Crippen LogP contribution in [0, 0.1) is 0 Å². The van der Waals surface area contributed by atoms with Crippen molar-refractivity contribution in [2.24, 2.45) is 0 Å². The van der Waals surface area contributed by atoms with E-state index in [0.29, 0.717) is 11.4 Å². The molecule has 0 saturated heterocycles. The fourth-order valence-electron chi connectivity index (χ4n) is 1.82. The van der Waals surface area contributed by atoms with Gasteiger partial charge in [0.15, 0.2) is 0 Å². The molecule has 0 bridgehead atoms. The number of hydrogen-bond acceptors (Lipinski definition) is 2. The Morgan fingerprint density at radius 3 is 2.74 bits per heavy atom. The first-order valence-electron chi connectivity index (χ1n) is 6.13. The van der Waals surface area contributed by atoms with Crippen LogP contribution < -0.4 is 0 Å². The predicted molar refractivity (Wildman–Crippen MR) is 80.4 cm³/mol. The minimum atomic E-state index is -0.592. The quantitative estimate of drug-likeness (QED) is 0.905. The molecule has 0 radical (unpaired) electrons. The molecule has 0 spiro atoms. The molecular formula is C14H16BrClN2O. The van der Waals surface area contributed by atoms with Gasteiger partial charge in [-0.1, -0.05) is 33.6 Å². The third-order valence-electron chi connectivity index (χ3n) is 2.96. The number of hydrogen-bond donors (Lipinski definition) is 1. The summed E-state index contributed by atoms with van der Waals surface area (Å²) in [5.41, 5.74) is 1.74. The second-order valence-electron chi connectivity index (χ2n) is 4.80. The largest absolute Gasteiger partial charge is 0.388 e. The maximum Gasteiger partial charge on any atom is 0.0861 e. The van der Waals surface area contributed by atoms with Gasteiger partial charge in [0.25, 0.3) is 0 Å². The Hall–Kier alpha value is -0.840. The molecule has 3 nitrogen and oxygen atoms in total. The summed E-state index contributed by atoms with van der Waals surface area (Å²) < 4.78 is 2.77. The van der Waals surface area contributed by atoms with Crippen molar-refractivity contribution >= 4 is 27.5 Å². The van der Waals surface area contributed by atoms with Crippen LogP contribution in [0.5, 0.6) is 0 Å². The van der Waals surface area contributed by atoms with Gasteiger partial charge in [-0.3, -0.25) is 4.68 Å². The normalized spacial score (nSPS) is 12.9. The van der Waals surface area contributed by atoms with Crippen LogP contribution in [0.1, 0.15) is 37.1 Å². The zero-order valence-corrected chi connectivity index (χ0v) is 13.2. The van der Waals surface area contributed by atoms with Crippen LogP contribution in [0.4, 0.5) is 0 Å². The highest BCUT2D eigenvalue weighted by Crippen LogP contribution is 2.26. The Kier molecular flexibility index (Phi) is 4.66. The number of halogens is 2. The van der Waals surface area contributed by atoms with E-state index >= 15 is 0 Å². The third-order valence-corrected chi connectivity index (χ3v) is 3.81. The van der Waals surface area contributed by atoms with Crippen LogP contribution in [-0.4, -0.2) is 14.9 Å². The van der Waals surface area contributed by atoms with Gasteiger partial charge in [0.1, 0.15) is 0 Å². The second kappa shape index (κ2) is 6.07. The van der Waals surface area contributed by atoms with Gasteiger partial charge in [-0.25, -0.2) is 0 Å². The van der Waals surface area contributed by atoms with E-state index < -0.39 is 6.10 Å². The van der Waals surface area contributed by atoms with E-state index in [2.05, 4.69) is 34.9 Å². The number of benzene rings is 1. The standard InChI is InChI=1S/C14H16BrClN2O/c1-9(2)18-8-11(7-17-18)14(19)5-10-3-4-12(15)6-13(10)16/h3-4,6-9,14,19H,5H2,1-2H3. The molecule has 1 aromatic heterocycles. The lowest BCUT2D eigenvalue weighted by Crippen LogP contribution is -2.03. The highest BCUT2D eigenvalue weighted by atomic mass is 79.9. The molecule has 1 heterocycles. The molecule has 0 aliphatic heterocycles. The molecule has 102 valence electrons. The van der Waals surface area contributed by atoms with Crippen molar-refractivity contribution in [2.45, 2.75) is 32.4 Å². The van der Waals surface area contributed by atoms with Crippen LogP contribution >= 0.6 is 27.5 Å². The first kappa shape index (κ1) is 14.6. The lowest BCUT2D eigenvalue weighted by Gasteiger charge is -2.10. The molecule has 1 atom stereocenters. The van der Waals surface area contributed by atoms with E-state index in [-0.39, 0.29) is 6.04 Å². The van der Waals surface area contributed by atoms with Gasteiger partial charge in [-0.2, -0.15) is 5.10 Å². The van der Waals surface area contributed by atoms with Crippen molar-refractivity contribution in [1.82, 2.24) is 9.78 Å². The number of aliphatic hydroxyl groups is 1. The van der Waals surface area contributed by atoms with Gasteiger partial charge in [0.2, 0.25) is 0 Å². The van der Waals surface area contributed by atoms with E-state index in [9.17, 15) is 5.11 Å². The summed E-state index contributed by atoms with van der Waals surface area (Å²) in [6.45, 7) is 4.10. The SMILES string of the molecule is CC(C)n1cc(C(O)Cc2ccc(Br)cc2Cl)cn1. The zero-order valence-electron chi connectivity index (χ0n) is 10.8. The number of nitrogens with zero attached hydrogens (tertiary/aromatic N) is 2. The molecule has 1 N–H and O–H groups in total. The van der Waals surface area contributed by atoms with E-state index in [1.807, 2.05) is 29.1 Å². The Balaban J connectivity index is 2.13. The van der Waals surface area contributed by atoms with Crippen molar-refractivity contribution in [3.63, 3.8) is 0 Å². The summed E-state index contributed by atoms with van der Waals surface area (Å²) in [5.74, 6) is 0. The van der Waals surface area contributed by atoms with E-state index in [1.54, 1.807) is 6.20 Å². The molecule has 0 aliphatic rings. The van der Waals surface area contributed by atoms with Crippen LogP contribution in [0.3, 0.4) is 0 Å². The van der Waals surface area contributed by atoms with E-state index in [0.717, 1.165) is 15.6 Å². The number of aliphatic hydroxyl groups excluding tert-OH is 1. The van der Waals surface area contributed by atoms with E-state index in [1.165, 1.54) is 0 Å². The predicted octanol–water partition coefficient (Wildman–Crippen LogP) is 4.16. The number of aromatic nitrogens is 2. The first-order chi connectivity index (χ1) is 8.97. The van der Waals surface area contributed by atoms with Gasteiger partial charge in [-0.05, 0) is 31.5 Å². The minimum absolute atomic E-state index is 0.289. The molecule has 5 heteroatoms. The maximum absolute atomic E-state index is 10.2. The van der Waals surface area contributed by atoms with Crippen molar-refractivity contribution in [1.29, 1.82) is 0 Å². The van der Waals surface area contributed by atoms with Crippen molar-refractivity contribution in [3.8, 4) is 0 Å². The van der Waals surface area contributed by atoms with Crippen molar-refractivity contribution < 1.29 is 5.11 Å². The van der Waals surface area contributed by atoms with Gasteiger partial charge in [-0.15, -0.1) is 0 Å². The topological polar surface area (TPSA) is 38.0 Å². The average molecular weight is 344 g/mol. The minimum Gasteiger partial charge on any atom is -0.388 e. The summed E-state index contributed by atoms with van der Waals surface area (Å²) in [4.78, 5) is 0. The smallest absolute Gasteiger partial charge is 0.0861 e. The molecule has 2 aromatic rings. The van der Waals surface area contributed by atoms with Crippen LogP contribution in [-0.2, 0) is 6.42 Å². The molecule has 0 amide bonds. The monoisotopic (exact) mass is 342 g/mol. The van der Waals surface area contributed by atoms with Gasteiger partial charge < -0.3 is 5.11 Å². The summed E-state index contributed by atoms with van der Waals surface area (Å²) in [6.07, 6.45) is 3.47. The lowest BCUT2D eigenvalue weighted by molar-refractivity contribution is 0.178. The second-order valence-corrected chi connectivity index (χ2v) is 6.13. The Bertz CT molecular complexity index is 568. The molecule has 2 rings (SSSR count). The third kappa shape index (κ3) is 3.59. The highest BCUT2D eigenvalue weighted by molar-refractivity contribution is 9.10. The summed E-state index contributed by atoms with van der Waals surface area (Å²) in [6, 6.07) is 5.96. The molecule has 0 aliphatic carbocycles. The highest BCUT2D eigenvalue weighted by Gasteiger charge is 2.13. The number of rotatable bonds is 4. The molecule has 1 unspecified atom stereocenters. The van der Waals surface area contributed by atoms with Crippen LogP contribution in [0.2, 0.25) is 5.02 Å². The van der Waals surface area contributed by atoms with Crippen molar-refractivity contribution in [2.75, 3.05) is 0 Å². The molecule has 1 aromatic carbocycles. The lowest BCUT2D eigenvalue weighted by atomic mass is 10.0. The molecule has 0 saturated carbocycles. The Morgan fingerprint density at radius 2 is 2.16 bits per heavy atom. The Morgan fingerprint density at radius 1 is 1.42 bits per heavy atom. The zero-order chi connectivity index (χ0) is 14.0. The Labute approximate surface area is 126 Å². The van der Waals surface area contributed by atoms with Crippen LogP contribution in [0.25, 0.3) is 0 Å². The van der Waals surface area contributed by atoms with Crippen molar-refractivity contribution in [3.05, 3.63) is 51.2 Å². The van der Waals surface area contributed by atoms with Gasteiger partial charge >= 0.3 is 0 Å². The molecule has 0 fully saturated rings. The fourth-order valence-corrected chi connectivity index (χ4v) is 2.57. The molecular weight excluding hydrogens is 328 g/mol. The maximum atomic E-state index is 10.2. The van der Waals surface area contributed by atoms with Crippen LogP contribution in [0.15, 0.2) is 35.1 Å². The summed E-state index contributed by atoms with van der Waals surface area (Å²) >= 11 is 9.52. The average Bonchev–Trinajstić information content (AvgIpc) is 2.82.